The van der Waals surface area contributed by atoms with Crippen LogP contribution in [0.1, 0.15) is 24.1 Å². The monoisotopic (exact) mass is 444 g/mol. The van der Waals surface area contributed by atoms with Crippen LogP contribution in [0.15, 0.2) is 34.9 Å². The highest BCUT2D eigenvalue weighted by Crippen LogP contribution is 2.28. The van der Waals surface area contributed by atoms with Gasteiger partial charge < -0.3 is 10.1 Å². The maximum Gasteiger partial charge on any atom is 0.433 e. The van der Waals surface area contributed by atoms with Crippen LogP contribution in [0.2, 0.25) is 0 Å². The van der Waals surface area contributed by atoms with Crippen molar-refractivity contribution in [2.75, 3.05) is 25.5 Å². The normalized spacial score (nSPS) is 18.3. The summed E-state index contributed by atoms with van der Waals surface area (Å²) in [7, 11) is 1.62. The number of aromatic nitrogens is 2. The molecule has 1 N–H and O–H groups in total. The van der Waals surface area contributed by atoms with Crippen molar-refractivity contribution in [3.8, 4) is 5.75 Å². The Bertz CT molecular complexity index is 787. The highest BCUT2D eigenvalue weighted by Gasteiger charge is 2.33. The number of hydrogen-bond donors (Lipinski definition) is 1. The van der Waals surface area contributed by atoms with Crippen molar-refractivity contribution in [1.29, 1.82) is 0 Å². The minimum Gasteiger partial charge on any atom is -0.496 e. The van der Waals surface area contributed by atoms with Gasteiger partial charge in [-0.1, -0.05) is 6.07 Å². The van der Waals surface area contributed by atoms with Crippen molar-refractivity contribution in [3.63, 3.8) is 0 Å². The Balaban J connectivity index is 1.62. The molecule has 0 radical (unpaired) electrons. The molecular formula is C18H20BrF3N4O. The van der Waals surface area contributed by atoms with Crippen LogP contribution in [0.4, 0.5) is 19.1 Å². The van der Waals surface area contributed by atoms with Crippen LogP contribution < -0.4 is 10.1 Å². The molecule has 0 amide bonds. The lowest BCUT2D eigenvalue weighted by atomic mass is 10.0. The molecule has 1 aliphatic heterocycles. The Labute approximate surface area is 164 Å². The zero-order valence-electron chi connectivity index (χ0n) is 14.8. The molecule has 1 saturated heterocycles. The van der Waals surface area contributed by atoms with Gasteiger partial charge >= 0.3 is 6.18 Å². The van der Waals surface area contributed by atoms with E-state index in [4.69, 9.17) is 4.74 Å². The van der Waals surface area contributed by atoms with Crippen molar-refractivity contribution in [2.24, 2.45) is 0 Å². The molecule has 0 aliphatic carbocycles. The Kier molecular flexibility index (Phi) is 6.21. The minimum atomic E-state index is -4.47. The lowest BCUT2D eigenvalue weighted by Crippen LogP contribution is -2.42. The standard InChI is InChI=1S/C18H20BrF3N4O/c1-27-15-5-4-12(9-14(15)19)10-26-8-2-3-13(11-26)24-17-23-7-6-16(25-17)18(20,21)22/h4-7,9,13H,2-3,8,10-11H2,1H3,(H,23,24,25). The zero-order valence-corrected chi connectivity index (χ0v) is 16.3. The van der Waals surface area contributed by atoms with E-state index in [9.17, 15) is 13.2 Å². The van der Waals surface area contributed by atoms with Gasteiger partial charge in [-0.25, -0.2) is 9.97 Å². The summed E-state index contributed by atoms with van der Waals surface area (Å²) in [5.74, 6) is 0.794. The summed E-state index contributed by atoms with van der Waals surface area (Å²) < 4.78 is 44.5. The van der Waals surface area contributed by atoms with Crippen LogP contribution in [0, 0.1) is 0 Å². The molecule has 1 atom stereocenters. The summed E-state index contributed by atoms with van der Waals surface area (Å²) >= 11 is 3.49. The van der Waals surface area contributed by atoms with Gasteiger partial charge in [0.25, 0.3) is 0 Å². The smallest absolute Gasteiger partial charge is 0.433 e. The van der Waals surface area contributed by atoms with E-state index in [1.54, 1.807) is 7.11 Å². The highest BCUT2D eigenvalue weighted by molar-refractivity contribution is 9.10. The molecular weight excluding hydrogens is 425 g/mol. The van der Waals surface area contributed by atoms with Gasteiger partial charge in [0.1, 0.15) is 11.4 Å². The number of nitrogens with zero attached hydrogens (tertiary/aromatic N) is 3. The maximum atomic E-state index is 12.8. The van der Waals surface area contributed by atoms with Crippen molar-refractivity contribution in [3.05, 3.63) is 46.2 Å². The van der Waals surface area contributed by atoms with E-state index >= 15 is 0 Å². The topological polar surface area (TPSA) is 50.3 Å². The third kappa shape index (κ3) is 5.32. The maximum absolute atomic E-state index is 12.8. The van der Waals surface area contributed by atoms with E-state index in [2.05, 4.69) is 36.1 Å². The minimum absolute atomic E-state index is 0.00363. The van der Waals surface area contributed by atoms with Gasteiger partial charge in [-0.15, -0.1) is 0 Å². The first-order valence-electron chi connectivity index (χ1n) is 8.56. The first-order chi connectivity index (χ1) is 12.8. The molecule has 0 spiro atoms. The summed E-state index contributed by atoms with van der Waals surface area (Å²) in [6, 6.07) is 6.82. The third-order valence-corrected chi connectivity index (χ3v) is 5.03. The van der Waals surface area contributed by atoms with E-state index < -0.39 is 11.9 Å². The van der Waals surface area contributed by atoms with Crippen molar-refractivity contribution < 1.29 is 17.9 Å². The van der Waals surface area contributed by atoms with E-state index in [0.29, 0.717) is 6.54 Å². The Morgan fingerprint density at radius 2 is 2.15 bits per heavy atom. The number of alkyl halides is 3. The molecule has 2 heterocycles. The lowest BCUT2D eigenvalue weighted by molar-refractivity contribution is -0.141. The molecule has 27 heavy (non-hydrogen) atoms. The molecule has 3 rings (SSSR count). The van der Waals surface area contributed by atoms with Gasteiger partial charge in [0.05, 0.1) is 11.6 Å². The number of hydrogen-bond acceptors (Lipinski definition) is 5. The molecule has 5 nitrogen and oxygen atoms in total. The highest BCUT2D eigenvalue weighted by atomic mass is 79.9. The van der Waals surface area contributed by atoms with E-state index in [0.717, 1.165) is 54.0 Å². The number of piperidine rings is 1. The molecule has 1 fully saturated rings. The number of nitrogens with one attached hydrogen (secondary N) is 1. The first-order valence-corrected chi connectivity index (χ1v) is 9.36. The number of anilines is 1. The number of likely N-dealkylation sites (tertiary alicyclic amines) is 1. The van der Waals surface area contributed by atoms with Crippen molar-refractivity contribution in [1.82, 2.24) is 14.9 Å². The summed E-state index contributed by atoms with van der Waals surface area (Å²) in [6.45, 7) is 2.40. The molecule has 0 saturated carbocycles. The van der Waals surface area contributed by atoms with Crippen LogP contribution in [0.5, 0.6) is 5.75 Å². The molecule has 1 unspecified atom stereocenters. The molecule has 2 aromatic rings. The predicted molar refractivity (Wildman–Crippen MR) is 99.6 cm³/mol. The van der Waals surface area contributed by atoms with Crippen LogP contribution in [0.25, 0.3) is 0 Å². The second-order valence-electron chi connectivity index (χ2n) is 6.45. The van der Waals surface area contributed by atoms with Crippen LogP contribution >= 0.6 is 15.9 Å². The number of halogens is 4. The Morgan fingerprint density at radius 1 is 1.33 bits per heavy atom. The summed E-state index contributed by atoms with van der Waals surface area (Å²) in [5.41, 5.74) is 0.203. The molecule has 1 aliphatic rings. The number of benzene rings is 1. The van der Waals surface area contributed by atoms with Crippen molar-refractivity contribution >= 4 is 21.9 Å². The van der Waals surface area contributed by atoms with Crippen LogP contribution in [-0.4, -0.2) is 41.1 Å². The molecule has 1 aromatic heterocycles. The number of methoxy groups -OCH3 is 1. The van der Waals surface area contributed by atoms with E-state index in [1.807, 2.05) is 18.2 Å². The zero-order chi connectivity index (χ0) is 19.4. The van der Waals surface area contributed by atoms with Gasteiger partial charge in [0, 0.05) is 25.3 Å². The first kappa shape index (κ1) is 19.9. The molecule has 1 aromatic carbocycles. The average Bonchev–Trinajstić information content (AvgIpc) is 2.62. The second-order valence-corrected chi connectivity index (χ2v) is 7.31. The third-order valence-electron chi connectivity index (χ3n) is 4.41. The molecule has 0 bridgehead atoms. The van der Waals surface area contributed by atoms with Gasteiger partial charge in [-0.2, -0.15) is 13.2 Å². The van der Waals surface area contributed by atoms with Gasteiger partial charge in [-0.3, -0.25) is 4.90 Å². The largest absolute Gasteiger partial charge is 0.496 e. The summed E-state index contributed by atoms with van der Waals surface area (Å²) in [4.78, 5) is 9.78. The van der Waals surface area contributed by atoms with E-state index in [-0.39, 0.29) is 12.0 Å². The van der Waals surface area contributed by atoms with E-state index in [1.165, 1.54) is 0 Å². The van der Waals surface area contributed by atoms with Crippen LogP contribution in [0.3, 0.4) is 0 Å². The number of rotatable bonds is 5. The van der Waals surface area contributed by atoms with Crippen molar-refractivity contribution in [2.45, 2.75) is 31.6 Å². The van der Waals surface area contributed by atoms with Crippen LogP contribution in [-0.2, 0) is 12.7 Å². The van der Waals surface area contributed by atoms with Gasteiger partial charge in [-0.05, 0) is 59.1 Å². The summed E-state index contributed by atoms with van der Waals surface area (Å²) in [6.07, 6.45) is -1.52. The fourth-order valence-electron chi connectivity index (χ4n) is 3.15. The molecule has 146 valence electrons. The average molecular weight is 445 g/mol. The quantitative estimate of drug-likeness (QED) is 0.742. The Morgan fingerprint density at radius 3 is 2.85 bits per heavy atom. The van der Waals surface area contributed by atoms with Gasteiger partial charge in [0.15, 0.2) is 0 Å². The fourth-order valence-corrected chi connectivity index (χ4v) is 3.74. The lowest BCUT2D eigenvalue weighted by Gasteiger charge is -2.33. The Hall–Kier alpha value is -1.87. The second kappa shape index (κ2) is 8.43. The predicted octanol–water partition coefficient (Wildman–Crippen LogP) is 4.34. The summed E-state index contributed by atoms with van der Waals surface area (Å²) in [5, 5.41) is 3.05. The SMILES string of the molecule is COc1ccc(CN2CCCC(Nc3nccc(C(F)(F)F)n3)C2)cc1Br. The van der Waals surface area contributed by atoms with Gasteiger partial charge in [0.2, 0.25) is 5.95 Å². The fraction of sp³-hybridized carbons (Fsp3) is 0.444. The molecule has 9 heteroatoms. The number of ether oxygens (including phenoxy) is 1.